The van der Waals surface area contributed by atoms with Gasteiger partial charge >= 0.3 is 0 Å². The Morgan fingerprint density at radius 2 is 2.05 bits per heavy atom. The van der Waals surface area contributed by atoms with Gasteiger partial charge in [-0.1, -0.05) is 36.2 Å². The van der Waals surface area contributed by atoms with E-state index in [1.807, 2.05) is 0 Å². The van der Waals surface area contributed by atoms with Crippen molar-refractivity contribution < 1.29 is 5.32 Å². The molecule has 3 rings (SSSR count). The largest absolute Gasteiger partial charge is 0.340 e. The van der Waals surface area contributed by atoms with Crippen LogP contribution in [0.25, 0.3) is 10.9 Å². The number of para-hydroxylation sites is 1. The van der Waals surface area contributed by atoms with Gasteiger partial charge < -0.3 is 5.32 Å². The molecule has 1 aliphatic carbocycles. The third kappa shape index (κ3) is 2.97. The molecule has 1 heterocycles. The van der Waals surface area contributed by atoms with E-state index < -0.39 is 0 Å². The second-order valence-electron chi connectivity index (χ2n) is 5.92. The van der Waals surface area contributed by atoms with Gasteiger partial charge in [-0.05, 0) is 44.2 Å². The Hall–Kier alpha value is -1.12. The van der Waals surface area contributed by atoms with Crippen LogP contribution in [0.3, 0.4) is 0 Å². The number of quaternary nitrogens is 1. The summed E-state index contributed by atoms with van der Waals surface area (Å²) in [5, 5.41) is 4.31. The predicted octanol–water partition coefficient (Wildman–Crippen LogP) is 3.59. The van der Waals surface area contributed by atoms with E-state index in [4.69, 9.17) is 11.6 Å². The first-order valence-corrected chi connectivity index (χ1v) is 8.00. The SMILES string of the molecule is Cc1cccc2cc(C[NH2+]C3CCCCC3)c(Cl)nc12. The van der Waals surface area contributed by atoms with Gasteiger partial charge in [-0.2, -0.15) is 0 Å². The fourth-order valence-corrected chi connectivity index (χ4v) is 3.39. The number of aromatic nitrogens is 1. The van der Waals surface area contributed by atoms with Gasteiger partial charge in [0.1, 0.15) is 11.7 Å². The molecule has 0 bridgehead atoms. The molecule has 106 valence electrons. The molecule has 0 saturated heterocycles. The minimum atomic E-state index is 0.666. The molecule has 3 heteroatoms. The number of nitrogens with two attached hydrogens (primary N) is 1. The van der Waals surface area contributed by atoms with Crippen molar-refractivity contribution >= 4 is 22.5 Å². The zero-order valence-corrected chi connectivity index (χ0v) is 12.8. The summed E-state index contributed by atoms with van der Waals surface area (Å²) >= 11 is 6.36. The van der Waals surface area contributed by atoms with Gasteiger partial charge in [0.05, 0.1) is 11.6 Å². The van der Waals surface area contributed by atoms with Gasteiger partial charge in [-0.15, -0.1) is 0 Å². The van der Waals surface area contributed by atoms with Gasteiger partial charge in [-0.25, -0.2) is 4.98 Å². The fraction of sp³-hybridized carbons (Fsp3) is 0.471. The molecule has 1 saturated carbocycles. The van der Waals surface area contributed by atoms with E-state index in [-0.39, 0.29) is 0 Å². The van der Waals surface area contributed by atoms with E-state index in [2.05, 4.69) is 41.5 Å². The van der Waals surface area contributed by atoms with Gasteiger partial charge in [0.2, 0.25) is 0 Å². The molecule has 0 radical (unpaired) electrons. The lowest BCUT2D eigenvalue weighted by molar-refractivity contribution is -0.706. The molecule has 2 nitrogen and oxygen atoms in total. The van der Waals surface area contributed by atoms with E-state index in [0.29, 0.717) is 5.15 Å². The average molecular weight is 290 g/mol. The number of pyridine rings is 1. The van der Waals surface area contributed by atoms with Crippen molar-refractivity contribution in [1.82, 2.24) is 4.98 Å². The standard InChI is InChI=1S/C17H21ClN2/c1-12-6-5-7-13-10-14(17(18)20-16(12)13)11-19-15-8-3-2-4-9-15/h5-7,10,15,19H,2-4,8-9,11H2,1H3/p+1. The number of halogens is 1. The molecule has 1 aromatic carbocycles. The molecule has 1 aromatic heterocycles. The van der Waals surface area contributed by atoms with Gasteiger partial charge in [0.15, 0.2) is 0 Å². The lowest BCUT2D eigenvalue weighted by Gasteiger charge is -2.20. The molecular formula is C17H22ClN2+. The van der Waals surface area contributed by atoms with Gasteiger partial charge in [-0.3, -0.25) is 0 Å². The molecule has 0 atom stereocenters. The Morgan fingerprint density at radius 3 is 2.85 bits per heavy atom. The van der Waals surface area contributed by atoms with Crippen molar-refractivity contribution in [3.63, 3.8) is 0 Å². The first kappa shape index (κ1) is 13.8. The highest BCUT2D eigenvalue weighted by atomic mass is 35.5. The van der Waals surface area contributed by atoms with Crippen molar-refractivity contribution in [3.05, 3.63) is 40.5 Å². The van der Waals surface area contributed by atoms with Crippen LogP contribution in [-0.4, -0.2) is 11.0 Å². The van der Waals surface area contributed by atoms with Crippen molar-refractivity contribution in [2.24, 2.45) is 0 Å². The monoisotopic (exact) mass is 289 g/mol. The summed E-state index contributed by atoms with van der Waals surface area (Å²) in [7, 11) is 0. The van der Waals surface area contributed by atoms with Crippen LogP contribution in [0.4, 0.5) is 0 Å². The molecule has 0 unspecified atom stereocenters. The second kappa shape index (κ2) is 6.11. The number of nitrogens with zero attached hydrogens (tertiary/aromatic N) is 1. The molecule has 0 amide bonds. The quantitative estimate of drug-likeness (QED) is 0.860. The van der Waals surface area contributed by atoms with Crippen LogP contribution in [0.1, 0.15) is 43.2 Å². The summed E-state index contributed by atoms with van der Waals surface area (Å²) in [6.07, 6.45) is 6.85. The maximum absolute atomic E-state index is 6.36. The van der Waals surface area contributed by atoms with Crippen LogP contribution in [0, 0.1) is 6.92 Å². The van der Waals surface area contributed by atoms with E-state index >= 15 is 0 Å². The number of hydrogen-bond acceptors (Lipinski definition) is 1. The van der Waals surface area contributed by atoms with Crippen LogP contribution in [-0.2, 0) is 6.54 Å². The Labute approximate surface area is 125 Å². The number of benzene rings is 1. The highest BCUT2D eigenvalue weighted by Crippen LogP contribution is 2.22. The van der Waals surface area contributed by atoms with Crippen molar-refractivity contribution in [2.75, 3.05) is 0 Å². The van der Waals surface area contributed by atoms with Crippen LogP contribution >= 0.6 is 11.6 Å². The van der Waals surface area contributed by atoms with Crippen molar-refractivity contribution in [2.45, 2.75) is 51.6 Å². The van der Waals surface area contributed by atoms with E-state index in [1.165, 1.54) is 43.1 Å². The molecule has 2 N–H and O–H groups in total. The number of rotatable bonds is 3. The van der Waals surface area contributed by atoms with Gasteiger partial charge in [0.25, 0.3) is 0 Å². The Bertz CT molecular complexity index is 603. The second-order valence-corrected chi connectivity index (χ2v) is 6.28. The van der Waals surface area contributed by atoms with Crippen LogP contribution in [0.5, 0.6) is 0 Å². The first-order valence-electron chi connectivity index (χ1n) is 7.62. The van der Waals surface area contributed by atoms with Crippen LogP contribution in [0.2, 0.25) is 5.15 Å². The molecule has 0 aliphatic heterocycles. The molecule has 1 aliphatic rings. The molecule has 0 spiro atoms. The summed E-state index contributed by atoms with van der Waals surface area (Å²) in [6.45, 7) is 3.03. The first-order chi connectivity index (χ1) is 9.74. The lowest BCUT2D eigenvalue weighted by atomic mass is 9.95. The molecule has 1 fully saturated rings. The fourth-order valence-electron chi connectivity index (χ4n) is 3.17. The van der Waals surface area contributed by atoms with E-state index in [9.17, 15) is 0 Å². The highest BCUT2D eigenvalue weighted by Gasteiger charge is 2.17. The van der Waals surface area contributed by atoms with Crippen molar-refractivity contribution in [3.8, 4) is 0 Å². The lowest BCUT2D eigenvalue weighted by Crippen LogP contribution is -2.88. The Morgan fingerprint density at radius 1 is 1.25 bits per heavy atom. The Kier molecular flexibility index (Phi) is 4.23. The predicted molar refractivity (Wildman–Crippen MR) is 84.0 cm³/mol. The molecular weight excluding hydrogens is 268 g/mol. The van der Waals surface area contributed by atoms with Crippen LogP contribution in [0.15, 0.2) is 24.3 Å². The Balaban J connectivity index is 1.79. The van der Waals surface area contributed by atoms with Crippen molar-refractivity contribution in [1.29, 1.82) is 0 Å². The van der Waals surface area contributed by atoms with E-state index in [1.54, 1.807) is 0 Å². The van der Waals surface area contributed by atoms with E-state index in [0.717, 1.165) is 23.7 Å². The number of hydrogen-bond donors (Lipinski definition) is 1. The summed E-state index contributed by atoms with van der Waals surface area (Å²) in [5.74, 6) is 0. The third-order valence-corrected chi connectivity index (χ3v) is 4.72. The minimum absolute atomic E-state index is 0.666. The topological polar surface area (TPSA) is 29.5 Å². The number of fused-ring (bicyclic) bond motifs is 1. The summed E-state index contributed by atoms with van der Waals surface area (Å²) < 4.78 is 0. The van der Waals surface area contributed by atoms with Crippen LogP contribution < -0.4 is 5.32 Å². The summed E-state index contributed by atoms with van der Waals surface area (Å²) in [4.78, 5) is 4.58. The third-order valence-electron chi connectivity index (χ3n) is 4.39. The number of aryl methyl sites for hydroxylation is 1. The smallest absolute Gasteiger partial charge is 0.138 e. The zero-order valence-electron chi connectivity index (χ0n) is 12.0. The molecule has 2 aromatic rings. The summed E-state index contributed by atoms with van der Waals surface area (Å²) in [5.41, 5.74) is 3.38. The average Bonchev–Trinajstić information content (AvgIpc) is 2.47. The minimum Gasteiger partial charge on any atom is -0.340 e. The van der Waals surface area contributed by atoms with Gasteiger partial charge in [0, 0.05) is 10.9 Å². The molecule has 20 heavy (non-hydrogen) atoms. The summed E-state index contributed by atoms with van der Waals surface area (Å²) in [6, 6.07) is 9.27. The zero-order chi connectivity index (χ0) is 13.9. The highest BCUT2D eigenvalue weighted by molar-refractivity contribution is 6.30. The maximum atomic E-state index is 6.36. The normalized spacial score (nSPS) is 16.7. The maximum Gasteiger partial charge on any atom is 0.138 e.